The SMILES string of the molecule is CC(=O)Nc1ccccc1-c1cccc2c1OCCNC2.O=C(O)C(F)(F)F. The van der Waals surface area contributed by atoms with Crippen LogP contribution in [0.15, 0.2) is 42.5 Å². The second-order valence-electron chi connectivity index (χ2n) is 5.85. The average molecular weight is 396 g/mol. The van der Waals surface area contributed by atoms with Gasteiger partial charge in [0.25, 0.3) is 0 Å². The van der Waals surface area contributed by atoms with Gasteiger partial charge >= 0.3 is 12.1 Å². The van der Waals surface area contributed by atoms with Gasteiger partial charge in [-0.3, -0.25) is 4.79 Å². The highest BCUT2D eigenvalue weighted by atomic mass is 19.4. The van der Waals surface area contributed by atoms with Crippen LogP contribution >= 0.6 is 0 Å². The van der Waals surface area contributed by atoms with E-state index in [2.05, 4.69) is 16.7 Å². The summed E-state index contributed by atoms with van der Waals surface area (Å²) in [5.74, 6) is -1.93. The summed E-state index contributed by atoms with van der Waals surface area (Å²) < 4.78 is 37.7. The van der Waals surface area contributed by atoms with Gasteiger partial charge < -0.3 is 20.5 Å². The molecule has 3 N–H and O–H groups in total. The number of carboxylic acid groups (broad SMARTS) is 1. The van der Waals surface area contributed by atoms with Gasteiger partial charge in [0.1, 0.15) is 12.4 Å². The number of halogens is 3. The second-order valence-corrected chi connectivity index (χ2v) is 5.85. The number of hydrogen-bond donors (Lipinski definition) is 3. The molecule has 0 spiro atoms. The van der Waals surface area contributed by atoms with Crippen LogP contribution < -0.4 is 15.4 Å². The molecule has 2 aromatic rings. The number of carboxylic acids is 1. The van der Waals surface area contributed by atoms with Crippen LogP contribution in [0, 0.1) is 0 Å². The lowest BCUT2D eigenvalue weighted by Gasteiger charge is -2.15. The highest BCUT2D eigenvalue weighted by molar-refractivity contribution is 5.95. The highest BCUT2D eigenvalue weighted by Crippen LogP contribution is 2.37. The van der Waals surface area contributed by atoms with Crippen molar-refractivity contribution < 1.29 is 32.6 Å². The van der Waals surface area contributed by atoms with Gasteiger partial charge in [0.2, 0.25) is 5.91 Å². The molecule has 0 atom stereocenters. The predicted molar refractivity (Wildman–Crippen MR) is 97.1 cm³/mol. The third-order valence-electron chi connectivity index (χ3n) is 3.71. The minimum Gasteiger partial charge on any atom is -0.491 e. The third-order valence-corrected chi connectivity index (χ3v) is 3.71. The van der Waals surface area contributed by atoms with Crippen LogP contribution in [0.5, 0.6) is 5.75 Å². The number of rotatable bonds is 2. The molecule has 0 saturated carbocycles. The van der Waals surface area contributed by atoms with E-state index in [1.807, 2.05) is 36.4 Å². The molecule has 0 bridgehead atoms. The van der Waals surface area contributed by atoms with Gasteiger partial charge in [0.15, 0.2) is 0 Å². The van der Waals surface area contributed by atoms with Gasteiger partial charge in [-0.15, -0.1) is 0 Å². The molecule has 28 heavy (non-hydrogen) atoms. The number of carbonyl (C=O) groups is 2. The Morgan fingerprint density at radius 3 is 2.39 bits per heavy atom. The van der Waals surface area contributed by atoms with E-state index in [9.17, 15) is 18.0 Å². The van der Waals surface area contributed by atoms with Gasteiger partial charge in [-0.25, -0.2) is 4.79 Å². The summed E-state index contributed by atoms with van der Waals surface area (Å²) in [7, 11) is 0. The Morgan fingerprint density at radius 2 is 1.75 bits per heavy atom. The molecule has 0 radical (unpaired) electrons. The minimum absolute atomic E-state index is 0.0768. The zero-order valence-corrected chi connectivity index (χ0v) is 15.0. The molecule has 1 aliphatic heterocycles. The van der Waals surface area contributed by atoms with E-state index in [1.165, 1.54) is 6.92 Å². The first kappa shape index (κ1) is 21.2. The van der Waals surface area contributed by atoms with Gasteiger partial charge in [0.05, 0.1) is 0 Å². The molecule has 0 aromatic heterocycles. The lowest BCUT2D eigenvalue weighted by Crippen LogP contribution is -2.21. The quantitative estimate of drug-likeness (QED) is 0.724. The van der Waals surface area contributed by atoms with Crippen molar-refractivity contribution in [2.75, 3.05) is 18.5 Å². The largest absolute Gasteiger partial charge is 0.491 e. The Bertz CT molecular complexity index is 853. The first-order valence-corrected chi connectivity index (χ1v) is 8.32. The molecule has 2 aromatic carbocycles. The molecule has 3 rings (SSSR count). The maximum Gasteiger partial charge on any atom is 0.490 e. The summed E-state index contributed by atoms with van der Waals surface area (Å²) in [4.78, 5) is 20.3. The van der Waals surface area contributed by atoms with E-state index < -0.39 is 12.1 Å². The number of fused-ring (bicyclic) bond motifs is 1. The van der Waals surface area contributed by atoms with E-state index in [0.717, 1.165) is 41.2 Å². The van der Waals surface area contributed by atoms with Crippen molar-refractivity contribution in [2.24, 2.45) is 0 Å². The first-order valence-electron chi connectivity index (χ1n) is 8.32. The van der Waals surface area contributed by atoms with Crippen molar-refractivity contribution in [3.8, 4) is 16.9 Å². The summed E-state index contributed by atoms with van der Waals surface area (Å²) in [5.41, 5.74) is 3.94. The molecule has 0 unspecified atom stereocenters. The summed E-state index contributed by atoms with van der Waals surface area (Å²) in [6.45, 7) is 3.79. The van der Waals surface area contributed by atoms with E-state index in [0.29, 0.717) is 6.61 Å². The standard InChI is InChI=1S/C17H18N2O2.C2HF3O2/c1-12(20)19-16-8-3-2-6-14(16)15-7-4-5-13-11-18-9-10-21-17(13)15;3-2(4,5)1(6)7/h2-8,18H,9-11H2,1H3,(H,19,20);(H,6,7). The minimum atomic E-state index is -5.08. The highest BCUT2D eigenvalue weighted by Gasteiger charge is 2.38. The lowest BCUT2D eigenvalue weighted by atomic mass is 9.99. The predicted octanol–water partition coefficient (Wildman–Crippen LogP) is 3.43. The lowest BCUT2D eigenvalue weighted by molar-refractivity contribution is -0.192. The Morgan fingerprint density at radius 1 is 1.11 bits per heavy atom. The fourth-order valence-corrected chi connectivity index (χ4v) is 2.57. The number of anilines is 1. The molecule has 150 valence electrons. The van der Waals surface area contributed by atoms with E-state index in [1.54, 1.807) is 0 Å². The van der Waals surface area contributed by atoms with E-state index >= 15 is 0 Å². The maximum atomic E-state index is 11.4. The molecule has 0 aliphatic carbocycles. The third kappa shape index (κ3) is 5.71. The number of ether oxygens (including phenoxy) is 1. The van der Waals surface area contributed by atoms with Crippen molar-refractivity contribution in [2.45, 2.75) is 19.6 Å². The summed E-state index contributed by atoms with van der Waals surface area (Å²) in [6, 6.07) is 13.9. The number of nitrogens with one attached hydrogen (secondary N) is 2. The molecular weight excluding hydrogens is 377 g/mol. The monoisotopic (exact) mass is 396 g/mol. The summed E-state index contributed by atoms with van der Waals surface area (Å²) >= 11 is 0. The molecule has 0 fully saturated rings. The van der Waals surface area contributed by atoms with Crippen LogP contribution in [0.1, 0.15) is 12.5 Å². The summed E-state index contributed by atoms with van der Waals surface area (Å²) in [6.07, 6.45) is -5.08. The number of benzene rings is 2. The van der Waals surface area contributed by atoms with Crippen LogP contribution in [-0.2, 0) is 16.1 Å². The number of alkyl halides is 3. The number of hydrogen-bond acceptors (Lipinski definition) is 4. The van der Waals surface area contributed by atoms with Gasteiger partial charge in [-0.1, -0.05) is 36.4 Å². The molecular formula is C19H19F3N2O4. The molecule has 1 amide bonds. The zero-order valence-electron chi connectivity index (χ0n) is 15.0. The topological polar surface area (TPSA) is 87.7 Å². The molecule has 1 heterocycles. The molecule has 0 saturated heterocycles. The normalized spacial score (nSPS) is 13.1. The second kappa shape index (κ2) is 9.23. The van der Waals surface area contributed by atoms with Crippen LogP contribution in [0.2, 0.25) is 0 Å². The van der Waals surface area contributed by atoms with Crippen LogP contribution in [-0.4, -0.2) is 36.3 Å². The zero-order chi connectivity index (χ0) is 20.7. The van der Waals surface area contributed by atoms with Crippen molar-refractivity contribution in [3.63, 3.8) is 0 Å². The summed E-state index contributed by atoms with van der Waals surface area (Å²) in [5, 5.41) is 13.3. The fraction of sp³-hybridized carbons (Fsp3) is 0.263. The van der Waals surface area contributed by atoms with Gasteiger partial charge in [-0.2, -0.15) is 13.2 Å². The Balaban J connectivity index is 0.000000345. The van der Waals surface area contributed by atoms with Crippen LogP contribution in [0.3, 0.4) is 0 Å². The molecule has 9 heteroatoms. The first-order chi connectivity index (χ1) is 13.2. The van der Waals surface area contributed by atoms with Crippen molar-refractivity contribution in [1.29, 1.82) is 0 Å². The number of aliphatic carboxylic acids is 1. The van der Waals surface area contributed by atoms with E-state index in [4.69, 9.17) is 14.6 Å². The maximum absolute atomic E-state index is 11.4. The molecule has 1 aliphatic rings. The number of para-hydroxylation sites is 2. The Hall–Kier alpha value is -3.07. The van der Waals surface area contributed by atoms with Crippen LogP contribution in [0.4, 0.5) is 18.9 Å². The van der Waals surface area contributed by atoms with Crippen molar-refractivity contribution >= 4 is 17.6 Å². The fourth-order valence-electron chi connectivity index (χ4n) is 2.57. The molecule has 6 nitrogen and oxygen atoms in total. The van der Waals surface area contributed by atoms with E-state index in [-0.39, 0.29) is 5.91 Å². The Kier molecular flexibility index (Phi) is 7.00. The van der Waals surface area contributed by atoms with Gasteiger partial charge in [-0.05, 0) is 6.07 Å². The smallest absolute Gasteiger partial charge is 0.490 e. The average Bonchev–Trinajstić information content (AvgIpc) is 2.87. The van der Waals surface area contributed by atoms with Crippen LogP contribution in [0.25, 0.3) is 11.1 Å². The number of amides is 1. The number of carbonyl (C=O) groups excluding carboxylic acids is 1. The Labute approximate surface area is 159 Å². The van der Waals surface area contributed by atoms with Gasteiger partial charge in [0, 0.05) is 42.4 Å². The van der Waals surface area contributed by atoms with Crippen molar-refractivity contribution in [1.82, 2.24) is 5.32 Å². The van der Waals surface area contributed by atoms with Crippen molar-refractivity contribution in [3.05, 3.63) is 48.0 Å².